The lowest BCUT2D eigenvalue weighted by Crippen LogP contribution is -2.27. The van der Waals surface area contributed by atoms with E-state index in [0.717, 1.165) is 20.7 Å². The fourth-order valence-corrected chi connectivity index (χ4v) is 3.95. The first-order valence-electron chi connectivity index (χ1n) is 7.93. The normalized spacial score (nSPS) is 10.9. The molecule has 0 bridgehead atoms. The molecule has 2 aromatic heterocycles. The van der Waals surface area contributed by atoms with Crippen LogP contribution in [0.3, 0.4) is 0 Å². The van der Waals surface area contributed by atoms with Crippen molar-refractivity contribution in [2.75, 3.05) is 5.32 Å². The Morgan fingerprint density at radius 3 is 3.04 bits per heavy atom. The average Bonchev–Trinajstić information content (AvgIpc) is 3.01. The highest BCUT2D eigenvalue weighted by atomic mass is 32.1. The molecule has 0 aliphatic rings. The largest absolute Gasteiger partial charge is 0.358 e. The first-order chi connectivity index (χ1) is 12.2. The maximum atomic E-state index is 5.42. The standard InChI is InChI=1S/C19H16N4S2/c1-12-5-6-16-17(9-12)25-19(22-16)23-18(24)21-11-14-4-2-3-13-10-20-8-7-15(13)14/h2-10H,11H2,1H3,(H2,21,22,23,24). The lowest BCUT2D eigenvalue weighted by Gasteiger charge is -2.10. The van der Waals surface area contributed by atoms with Gasteiger partial charge in [0.15, 0.2) is 10.2 Å². The van der Waals surface area contributed by atoms with Crippen molar-refractivity contribution in [2.45, 2.75) is 13.5 Å². The van der Waals surface area contributed by atoms with Gasteiger partial charge in [-0.15, -0.1) is 0 Å². The van der Waals surface area contributed by atoms with Crippen LogP contribution in [0.2, 0.25) is 0 Å². The highest BCUT2D eigenvalue weighted by Crippen LogP contribution is 2.26. The molecule has 0 unspecified atom stereocenters. The number of pyridine rings is 1. The number of nitrogens with one attached hydrogen (secondary N) is 2. The molecule has 0 spiro atoms. The highest BCUT2D eigenvalue weighted by Gasteiger charge is 2.06. The number of anilines is 1. The third-order valence-corrected chi connectivity index (χ3v) is 5.15. The van der Waals surface area contributed by atoms with Crippen LogP contribution >= 0.6 is 23.6 Å². The SMILES string of the molecule is Cc1ccc2nc(NC(=S)NCc3cccc4cnccc34)sc2c1. The molecule has 0 atom stereocenters. The summed E-state index contributed by atoms with van der Waals surface area (Å²) in [4.78, 5) is 8.74. The van der Waals surface area contributed by atoms with E-state index in [2.05, 4.69) is 51.8 Å². The van der Waals surface area contributed by atoms with E-state index >= 15 is 0 Å². The van der Waals surface area contributed by atoms with Crippen LogP contribution in [0.1, 0.15) is 11.1 Å². The number of benzene rings is 2. The summed E-state index contributed by atoms with van der Waals surface area (Å²) in [7, 11) is 0. The molecular weight excluding hydrogens is 348 g/mol. The van der Waals surface area contributed by atoms with Gasteiger partial charge in [0.2, 0.25) is 0 Å². The van der Waals surface area contributed by atoms with Gasteiger partial charge in [-0.25, -0.2) is 4.98 Å². The molecule has 0 amide bonds. The molecular formula is C19H16N4S2. The van der Waals surface area contributed by atoms with E-state index in [4.69, 9.17) is 12.2 Å². The maximum absolute atomic E-state index is 5.42. The summed E-state index contributed by atoms with van der Waals surface area (Å²) in [5.74, 6) is 0. The summed E-state index contributed by atoms with van der Waals surface area (Å²) in [5, 5.41) is 10.1. The summed E-state index contributed by atoms with van der Waals surface area (Å²) in [6.07, 6.45) is 3.68. The van der Waals surface area contributed by atoms with Gasteiger partial charge < -0.3 is 10.6 Å². The van der Waals surface area contributed by atoms with Gasteiger partial charge in [-0.1, -0.05) is 35.6 Å². The highest BCUT2D eigenvalue weighted by molar-refractivity contribution is 7.80. The molecule has 0 saturated carbocycles. The van der Waals surface area contributed by atoms with E-state index < -0.39 is 0 Å². The molecule has 0 aliphatic carbocycles. The number of aryl methyl sites for hydroxylation is 1. The second-order valence-electron chi connectivity index (χ2n) is 5.81. The third kappa shape index (κ3) is 3.45. The Hall–Kier alpha value is -2.57. The summed E-state index contributed by atoms with van der Waals surface area (Å²) in [6, 6.07) is 14.5. The molecule has 25 heavy (non-hydrogen) atoms. The lowest BCUT2D eigenvalue weighted by atomic mass is 10.1. The topological polar surface area (TPSA) is 49.8 Å². The van der Waals surface area contributed by atoms with Crippen LogP contribution in [0.5, 0.6) is 0 Å². The molecule has 4 aromatic rings. The molecule has 0 fully saturated rings. The molecule has 124 valence electrons. The van der Waals surface area contributed by atoms with E-state index in [-0.39, 0.29) is 0 Å². The summed E-state index contributed by atoms with van der Waals surface area (Å²) >= 11 is 7.03. The van der Waals surface area contributed by atoms with Gasteiger partial charge in [0, 0.05) is 24.3 Å². The molecule has 0 aliphatic heterocycles. The third-order valence-electron chi connectivity index (χ3n) is 3.97. The van der Waals surface area contributed by atoms with Crippen LogP contribution in [0, 0.1) is 6.92 Å². The average molecular weight is 364 g/mol. The zero-order valence-electron chi connectivity index (χ0n) is 13.6. The zero-order chi connectivity index (χ0) is 17.2. The molecule has 4 rings (SSSR count). The fraction of sp³-hybridized carbons (Fsp3) is 0.105. The van der Waals surface area contributed by atoms with Gasteiger partial charge in [0.1, 0.15) is 0 Å². The number of aromatic nitrogens is 2. The van der Waals surface area contributed by atoms with Crippen molar-refractivity contribution in [1.82, 2.24) is 15.3 Å². The molecule has 4 nitrogen and oxygen atoms in total. The summed E-state index contributed by atoms with van der Waals surface area (Å²) in [5.41, 5.74) is 3.40. The quantitative estimate of drug-likeness (QED) is 0.519. The van der Waals surface area contributed by atoms with Crippen molar-refractivity contribution in [2.24, 2.45) is 0 Å². The summed E-state index contributed by atoms with van der Waals surface area (Å²) in [6.45, 7) is 2.73. The number of fused-ring (bicyclic) bond motifs is 2. The van der Waals surface area contributed by atoms with Gasteiger partial charge in [-0.2, -0.15) is 0 Å². The smallest absolute Gasteiger partial charge is 0.190 e. The van der Waals surface area contributed by atoms with Crippen molar-refractivity contribution in [3.8, 4) is 0 Å². The molecule has 2 N–H and O–H groups in total. The van der Waals surface area contributed by atoms with Crippen LogP contribution < -0.4 is 10.6 Å². The first kappa shape index (κ1) is 15.9. The number of thiocarbonyl (C=S) groups is 1. The Kier molecular flexibility index (Phi) is 4.29. The predicted molar refractivity (Wildman–Crippen MR) is 109 cm³/mol. The van der Waals surface area contributed by atoms with Gasteiger partial charge in [0.25, 0.3) is 0 Å². The van der Waals surface area contributed by atoms with Crippen molar-refractivity contribution >= 4 is 54.8 Å². The number of thiazole rings is 1. The van der Waals surface area contributed by atoms with Crippen LogP contribution in [-0.4, -0.2) is 15.1 Å². The van der Waals surface area contributed by atoms with Gasteiger partial charge >= 0.3 is 0 Å². The Bertz CT molecular complexity index is 1070. The Labute approximate surface area is 154 Å². The van der Waals surface area contributed by atoms with Crippen LogP contribution in [0.25, 0.3) is 21.0 Å². The number of nitrogens with zero attached hydrogens (tertiary/aromatic N) is 2. The number of hydrogen-bond acceptors (Lipinski definition) is 4. The van der Waals surface area contributed by atoms with E-state index in [1.54, 1.807) is 11.3 Å². The summed E-state index contributed by atoms with van der Waals surface area (Å²) < 4.78 is 1.16. The Balaban J connectivity index is 1.46. The molecule has 0 radical (unpaired) electrons. The molecule has 2 heterocycles. The molecule has 2 aromatic carbocycles. The van der Waals surface area contributed by atoms with Crippen molar-refractivity contribution in [3.63, 3.8) is 0 Å². The fourth-order valence-electron chi connectivity index (χ4n) is 2.75. The van der Waals surface area contributed by atoms with Gasteiger partial charge in [0.05, 0.1) is 10.2 Å². The molecule has 6 heteroatoms. The second kappa shape index (κ2) is 6.74. The van der Waals surface area contributed by atoms with Crippen molar-refractivity contribution in [1.29, 1.82) is 0 Å². The Morgan fingerprint density at radius 1 is 1.20 bits per heavy atom. The monoisotopic (exact) mass is 364 g/mol. The van der Waals surface area contributed by atoms with Gasteiger partial charge in [-0.05, 0) is 53.9 Å². The first-order valence-corrected chi connectivity index (χ1v) is 9.15. The Morgan fingerprint density at radius 2 is 2.12 bits per heavy atom. The number of rotatable bonds is 3. The van der Waals surface area contributed by atoms with Crippen molar-refractivity contribution in [3.05, 3.63) is 66.0 Å². The van der Waals surface area contributed by atoms with Crippen LogP contribution in [0.15, 0.2) is 54.9 Å². The number of hydrogen-bond donors (Lipinski definition) is 2. The van der Waals surface area contributed by atoms with Crippen molar-refractivity contribution < 1.29 is 0 Å². The minimum atomic E-state index is 0.571. The minimum absolute atomic E-state index is 0.571. The second-order valence-corrected chi connectivity index (χ2v) is 7.25. The predicted octanol–water partition coefficient (Wildman–Crippen LogP) is 4.64. The van der Waals surface area contributed by atoms with Crippen LogP contribution in [-0.2, 0) is 6.54 Å². The van der Waals surface area contributed by atoms with E-state index in [0.29, 0.717) is 11.7 Å². The van der Waals surface area contributed by atoms with E-state index in [1.165, 1.54) is 16.5 Å². The minimum Gasteiger partial charge on any atom is -0.358 e. The van der Waals surface area contributed by atoms with E-state index in [9.17, 15) is 0 Å². The maximum Gasteiger partial charge on any atom is 0.190 e. The van der Waals surface area contributed by atoms with Crippen LogP contribution in [0.4, 0.5) is 5.13 Å². The van der Waals surface area contributed by atoms with E-state index in [1.807, 2.05) is 30.6 Å². The van der Waals surface area contributed by atoms with Gasteiger partial charge in [-0.3, -0.25) is 4.98 Å². The zero-order valence-corrected chi connectivity index (χ0v) is 15.2. The molecule has 0 saturated heterocycles. The lowest BCUT2D eigenvalue weighted by molar-refractivity contribution is 0.934.